The van der Waals surface area contributed by atoms with Gasteiger partial charge < -0.3 is 4.74 Å². The summed E-state index contributed by atoms with van der Waals surface area (Å²) in [5, 5.41) is 0. The second-order valence-corrected chi connectivity index (χ2v) is 5.35. The standard InChI is InChI=1S/C16H26O/c1-3-7-11-15(12-8-4-1)17-16-13-9-5-2-6-10-14-16/h11,13H,1-10,12,14H2. The van der Waals surface area contributed by atoms with Gasteiger partial charge in [-0.1, -0.05) is 25.7 Å². The van der Waals surface area contributed by atoms with Crippen molar-refractivity contribution in [2.24, 2.45) is 0 Å². The molecule has 0 saturated heterocycles. The highest BCUT2D eigenvalue weighted by atomic mass is 16.5. The molecule has 0 atom stereocenters. The number of hydrogen-bond acceptors (Lipinski definition) is 1. The van der Waals surface area contributed by atoms with Crippen molar-refractivity contribution < 1.29 is 4.74 Å². The Morgan fingerprint density at radius 2 is 1.06 bits per heavy atom. The van der Waals surface area contributed by atoms with Crippen molar-refractivity contribution in [3.8, 4) is 0 Å². The zero-order chi connectivity index (χ0) is 11.8. The summed E-state index contributed by atoms with van der Waals surface area (Å²) < 4.78 is 6.13. The van der Waals surface area contributed by atoms with Crippen LogP contribution in [0.2, 0.25) is 0 Å². The Labute approximate surface area is 106 Å². The molecular weight excluding hydrogens is 208 g/mol. The van der Waals surface area contributed by atoms with E-state index in [9.17, 15) is 0 Å². The van der Waals surface area contributed by atoms with E-state index in [-0.39, 0.29) is 0 Å². The van der Waals surface area contributed by atoms with Crippen LogP contribution in [0.1, 0.15) is 77.0 Å². The summed E-state index contributed by atoms with van der Waals surface area (Å²) in [7, 11) is 0. The van der Waals surface area contributed by atoms with E-state index in [1.807, 2.05) is 0 Å². The lowest BCUT2D eigenvalue weighted by Gasteiger charge is -2.17. The Morgan fingerprint density at radius 3 is 1.59 bits per heavy atom. The summed E-state index contributed by atoms with van der Waals surface area (Å²) in [5.74, 6) is 2.49. The van der Waals surface area contributed by atoms with E-state index in [0.717, 1.165) is 12.8 Å². The average molecular weight is 234 g/mol. The Kier molecular flexibility index (Phi) is 5.67. The topological polar surface area (TPSA) is 9.23 Å². The molecule has 0 aromatic carbocycles. The molecule has 2 aliphatic carbocycles. The zero-order valence-electron chi connectivity index (χ0n) is 11.0. The highest BCUT2D eigenvalue weighted by molar-refractivity contribution is 5.03. The second kappa shape index (κ2) is 7.58. The fourth-order valence-corrected chi connectivity index (χ4v) is 2.68. The van der Waals surface area contributed by atoms with Gasteiger partial charge in [-0.3, -0.25) is 0 Å². The van der Waals surface area contributed by atoms with E-state index in [0.29, 0.717) is 0 Å². The first-order valence-electron chi connectivity index (χ1n) is 7.51. The van der Waals surface area contributed by atoms with Crippen molar-refractivity contribution in [2.45, 2.75) is 77.0 Å². The third kappa shape index (κ3) is 4.97. The smallest absolute Gasteiger partial charge is 0.0996 e. The fourth-order valence-electron chi connectivity index (χ4n) is 2.68. The summed E-state index contributed by atoms with van der Waals surface area (Å²) in [6.07, 6.45) is 20.2. The number of ether oxygens (including phenoxy) is 1. The zero-order valence-corrected chi connectivity index (χ0v) is 11.0. The summed E-state index contributed by atoms with van der Waals surface area (Å²) in [5.41, 5.74) is 0. The predicted octanol–water partition coefficient (Wildman–Crippen LogP) is 5.48. The third-order valence-electron chi connectivity index (χ3n) is 3.76. The fraction of sp³-hybridized carbons (Fsp3) is 0.750. The molecule has 1 nitrogen and oxygen atoms in total. The van der Waals surface area contributed by atoms with Crippen LogP contribution in [0, 0.1) is 0 Å². The van der Waals surface area contributed by atoms with Gasteiger partial charge in [0.15, 0.2) is 0 Å². The number of hydrogen-bond donors (Lipinski definition) is 0. The van der Waals surface area contributed by atoms with E-state index in [1.54, 1.807) is 0 Å². The molecular formula is C16H26O. The molecule has 0 spiro atoms. The maximum Gasteiger partial charge on any atom is 0.0996 e. The van der Waals surface area contributed by atoms with E-state index in [1.165, 1.54) is 75.7 Å². The van der Waals surface area contributed by atoms with Gasteiger partial charge in [-0.2, -0.15) is 0 Å². The molecule has 17 heavy (non-hydrogen) atoms. The normalized spacial score (nSPS) is 23.5. The van der Waals surface area contributed by atoms with Gasteiger partial charge in [-0.05, 0) is 50.7 Å². The van der Waals surface area contributed by atoms with Crippen LogP contribution in [-0.2, 0) is 4.74 Å². The highest BCUT2D eigenvalue weighted by Gasteiger charge is 2.08. The van der Waals surface area contributed by atoms with Crippen molar-refractivity contribution in [3.05, 3.63) is 23.7 Å². The molecule has 0 bridgehead atoms. The molecule has 96 valence electrons. The predicted molar refractivity (Wildman–Crippen MR) is 72.7 cm³/mol. The van der Waals surface area contributed by atoms with Gasteiger partial charge in [-0.25, -0.2) is 0 Å². The van der Waals surface area contributed by atoms with Gasteiger partial charge in [0.1, 0.15) is 0 Å². The molecule has 0 fully saturated rings. The van der Waals surface area contributed by atoms with Crippen molar-refractivity contribution in [2.75, 3.05) is 0 Å². The van der Waals surface area contributed by atoms with Gasteiger partial charge in [0.25, 0.3) is 0 Å². The van der Waals surface area contributed by atoms with Gasteiger partial charge in [0, 0.05) is 12.8 Å². The average Bonchev–Trinajstić information content (AvgIpc) is 2.24. The molecule has 0 aromatic rings. The molecule has 1 heteroatoms. The van der Waals surface area contributed by atoms with Crippen LogP contribution in [0.4, 0.5) is 0 Å². The van der Waals surface area contributed by atoms with E-state index >= 15 is 0 Å². The number of rotatable bonds is 2. The molecule has 0 aromatic heterocycles. The second-order valence-electron chi connectivity index (χ2n) is 5.35. The van der Waals surface area contributed by atoms with Gasteiger partial charge in [-0.15, -0.1) is 0 Å². The first-order chi connectivity index (χ1) is 8.45. The molecule has 0 aliphatic heterocycles. The lowest BCUT2D eigenvalue weighted by molar-refractivity contribution is 0.263. The Balaban J connectivity index is 1.88. The summed E-state index contributed by atoms with van der Waals surface area (Å²) in [6, 6.07) is 0. The largest absolute Gasteiger partial charge is 0.467 e. The summed E-state index contributed by atoms with van der Waals surface area (Å²) in [6.45, 7) is 0. The van der Waals surface area contributed by atoms with Crippen LogP contribution in [0.15, 0.2) is 23.7 Å². The Bertz CT molecular complexity index is 247. The minimum atomic E-state index is 1.15. The maximum atomic E-state index is 6.13. The van der Waals surface area contributed by atoms with Gasteiger partial charge >= 0.3 is 0 Å². The first kappa shape index (κ1) is 12.7. The maximum absolute atomic E-state index is 6.13. The number of allylic oxidation sites excluding steroid dienone is 4. The third-order valence-corrected chi connectivity index (χ3v) is 3.76. The van der Waals surface area contributed by atoms with Crippen molar-refractivity contribution in [3.63, 3.8) is 0 Å². The molecule has 2 rings (SSSR count). The molecule has 0 N–H and O–H groups in total. The lowest BCUT2D eigenvalue weighted by atomic mass is 10.0. The minimum Gasteiger partial charge on any atom is -0.467 e. The minimum absolute atomic E-state index is 1.15. The molecule has 2 aliphatic rings. The van der Waals surface area contributed by atoms with Crippen LogP contribution < -0.4 is 0 Å². The Hall–Kier alpha value is -0.720. The summed E-state index contributed by atoms with van der Waals surface area (Å²) >= 11 is 0. The molecule has 0 heterocycles. The van der Waals surface area contributed by atoms with Crippen molar-refractivity contribution >= 4 is 0 Å². The first-order valence-corrected chi connectivity index (χ1v) is 7.51. The summed E-state index contributed by atoms with van der Waals surface area (Å²) in [4.78, 5) is 0. The molecule has 0 unspecified atom stereocenters. The van der Waals surface area contributed by atoms with Crippen LogP contribution in [0.5, 0.6) is 0 Å². The molecule has 0 radical (unpaired) electrons. The van der Waals surface area contributed by atoms with Crippen LogP contribution in [0.3, 0.4) is 0 Å². The quantitative estimate of drug-likeness (QED) is 0.614. The van der Waals surface area contributed by atoms with Gasteiger partial charge in [0.05, 0.1) is 11.5 Å². The van der Waals surface area contributed by atoms with E-state index < -0.39 is 0 Å². The van der Waals surface area contributed by atoms with Crippen molar-refractivity contribution in [1.29, 1.82) is 0 Å². The van der Waals surface area contributed by atoms with Crippen LogP contribution in [0.25, 0.3) is 0 Å². The van der Waals surface area contributed by atoms with Gasteiger partial charge in [0.2, 0.25) is 0 Å². The van der Waals surface area contributed by atoms with Crippen LogP contribution >= 0.6 is 0 Å². The molecule has 0 amide bonds. The molecule has 0 saturated carbocycles. The SMILES string of the molecule is C1=C(OC2=CCCCCCC2)CCCCCC1. The highest BCUT2D eigenvalue weighted by Crippen LogP contribution is 2.24. The monoisotopic (exact) mass is 234 g/mol. The van der Waals surface area contributed by atoms with Crippen LogP contribution in [-0.4, -0.2) is 0 Å². The lowest BCUT2D eigenvalue weighted by Crippen LogP contribution is -1.99. The van der Waals surface area contributed by atoms with E-state index in [2.05, 4.69) is 12.2 Å². The van der Waals surface area contributed by atoms with E-state index in [4.69, 9.17) is 4.74 Å². The Morgan fingerprint density at radius 1 is 0.588 bits per heavy atom. The van der Waals surface area contributed by atoms with Crippen molar-refractivity contribution in [1.82, 2.24) is 0 Å².